The molecule has 2 aliphatic rings. The van der Waals surface area contributed by atoms with Gasteiger partial charge in [-0.2, -0.15) is 0 Å². The Kier molecular flexibility index (Phi) is 3.38. The molecule has 1 heterocycles. The minimum absolute atomic E-state index is 0.0304. The van der Waals surface area contributed by atoms with Gasteiger partial charge in [-0.15, -0.1) is 0 Å². The first-order chi connectivity index (χ1) is 8.06. The molecule has 0 bridgehead atoms. The van der Waals surface area contributed by atoms with Crippen LogP contribution < -0.4 is 0 Å². The van der Waals surface area contributed by atoms with Crippen LogP contribution in [0.5, 0.6) is 0 Å². The number of rotatable bonds is 4. The predicted octanol–water partition coefficient (Wildman–Crippen LogP) is 1.21. The average molecular weight is 242 g/mol. The minimum Gasteiger partial charge on any atom is -0.481 e. The Morgan fingerprint density at radius 3 is 2.76 bits per heavy atom. The Bertz CT molecular complexity index is 321. The summed E-state index contributed by atoms with van der Waals surface area (Å²) in [6.45, 7) is 0.607. The maximum atomic E-state index is 11.2. The molecule has 1 saturated carbocycles. The van der Waals surface area contributed by atoms with E-state index in [1.165, 1.54) is 7.11 Å². The van der Waals surface area contributed by atoms with Crippen LogP contribution >= 0.6 is 0 Å². The second-order valence-corrected chi connectivity index (χ2v) is 5.01. The highest BCUT2D eigenvalue weighted by molar-refractivity contribution is 5.79. The van der Waals surface area contributed by atoms with E-state index in [1.54, 1.807) is 0 Å². The van der Waals surface area contributed by atoms with Gasteiger partial charge in [0, 0.05) is 6.61 Å². The largest absolute Gasteiger partial charge is 0.481 e. The van der Waals surface area contributed by atoms with Crippen molar-refractivity contribution >= 4 is 11.9 Å². The molecule has 0 aromatic heterocycles. The first kappa shape index (κ1) is 12.4. The molecule has 0 amide bonds. The van der Waals surface area contributed by atoms with Gasteiger partial charge in [0.2, 0.25) is 0 Å². The lowest BCUT2D eigenvalue weighted by molar-refractivity contribution is -0.154. The predicted molar refractivity (Wildman–Crippen MR) is 58.4 cm³/mol. The van der Waals surface area contributed by atoms with Gasteiger partial charge in [0.25, 0.3) is 0 Å². The van der Waals surface area contributed by atoms with Gasteiger partial charge in [0.05, 0.1) is 25.0 Å². The number of hydrogen-bond acceptors (Lipinski definition) is 4. The Morgan fingerprint density at radius 2 is 2.24 bits per heavy atom. The standard InChI is InChI=1S/C12H18O5/c1-16-10(13)6-9(11(14)15)8-2-5-17-12(7-8)3-4-12/h8-9H,2-7H2,1H3,(H,14,15)/t8-,9+/m1/s1. The van der Waals surface area contributed by atoms with E-state index < -0.39 is 17.9 Å². The zero-order chi connectivity index (χ0) is 12.5. The lowest BCUT2D eigenvalue weighted by Gasteiger charge is -2.32. The van der Waals surface area contributed by atoms with Crippen molar-refractivity contribution in [3.63, 3.8) is 0 Å². The Hall–Kier alpha value is -1.10. The van der Waals surface area contributed by atoms with Crippen LogP contribution in [0.2, 0.25) is 0 Å². The summed E-state index contributed by atoms with van der Waals surface area (Å²) in [5.74, 6) is -1.96. The van der Waals surface area contributed by atoms with Crippen molar-refractivity contribution in [1.82, 2.24) is 0 Å². The molecule has 2 atom stereocenters. The number of ether oxygens (including phenoxy) is 2. The normalized spacial score (nSPS) is 27.5. The fourth-order valence-corrected chi connectivity index (χ4v) is 2.62. The molecule has 2 rings (SSSR count). The van der Waals surface area contributed by atoms with Crippen molar-refractivity contribution in [3.8, 4) is 0 Å². The van der Waals surface area contributed by atoms with E-state index in [1.807, 2.05) is 0 Å². The van der Waals surface area contributed by atoms with Gasteiger partial charge in [-0.1, -0.05) is 0 Å². The molecule has 0 radical (unpaired) electrons. The zero-order valence-electron chi connectivity index (χ0n) is 9.98. The summed E-state index contributed by atoms with van der Waals surface area (Å²) in [5.41, 5.74) is -0.0628. The number of carboxylic acid groups (broad SMARTS) is 1. The highest BCUT2D eigenvalue weighted by Crippen LogP contribution is 2.49. The van der Waals surface area contributed by atoms with Crippen LogP contribution in [-0.2, 0) is 19.1 Å². The van der Waals surface area contributed by atoms with Crippen LogP contribution in [-0.4, -0.2) is 36.4 Å². The third-order valence-electron chi connectivity index (χ3n) is 3.84. The number of methoxy groups -OCH3 is 1. The lowest BCUT2D eigenvalue weighted by atomic mass is 9.81. The second kappa shape index (κ2) is 4.64. The third kappa shape index (κ3) is 2.77. The molecule has 1 aliphatic heterocycles. The van der Waals surface area contributed by atoms with Crippen molar-refractivity contribution in [2.24, 2.45) is 11.8 Å². The van der Waals surface area contributed by atoms with E-state index in [0.29, 0.717) is 6.61 Å². The van der Waals surface area contributed by atoms with Crippen molar-refractivity contribution in [1.29, 1.82) is 0 Å². The summed E-state index contributed by atoms with van der Waals surface area (Å²) in [4.78, 5) is 22.5. The molecule has 2 fully saturated rings. The molecule has 1 saturated heterocycles. The Morgan fingerprint density at radius 1 is 1.53 bits per heavy atom. The molecule has 96 valence electrons. The summed E-state index contributed by atoms with van der Waals surface area (Å²) in [6, 6.07) is 0. The first-order valence-corrected chi connectivity index (χ1v) is 6.00. The van der Waals surface area contributed by atoms with Gasteiger partial charge in [-0.3, -0.25) is 9.59 Å². The molecule has 0 unspecified atom stereocenters. The number of hydrogen-bond donors (Lipinski definition) is 1. The summed E-state index contributed by atoms with van der Waals surface area (Å²) < 4.78 is 10.2. The molecule has 5 nitrogen and oxygen atoms in total. The summed E-state index contributed by atoms with van der Waals surface area (Å²) in [6.07, 6.45) is 3.49. The molecule has 1 aliphatic carbocycles. The van der Waals surface area contributed by atoms with Gasteiger partial charge < -0.3 is 14.6 Å². The summed E-state index contributed by atoms with van der Waals surface area (Å²) in [7, 11) is 1.29. The Balaban J connectivity index is 1.99. The smallest absolute Gasteiger partial charge is 0.307 e. The maximum absolute atomic E-state index is 11.2. The van der Waals surface area contributed by atoms with Crippen LogP contribution in [0.4, 0.5) is 0 Å². The number of esters is 1. The van der Waals surface area contributed by atoms with E-state index in [9.17, 15) is 14.7 Å². The maximum Gasteiger partial charge on any atom is 0.307 e. The van der Waals surface area contributed by atoms with Crippen LogP contribution in [0.15, 0.2) is 0 Å². The van der Waals surface area contributed by atoms with E-state index in [-0.39, 0.29) is 17.9 Å². The topological polar surface area (TPSA) is 72.8 Å². The molecule has 17 heavy (non-hydrogen) atoms. The van der Waals surface area contributed by atoms with Gasteiger partial charge in [-0.25, -0.2) is 0 Å². The minimum atomic E-state index is -0.905. The van der Waals surface area contributed by atoms with Crippen LogP contribution in [0.3, 0.4) is 0 Å². The van der Waals surface area contributed by atoms with Crippen molar-refractivity contribution < 1.29 is 24.2 Å². The zero-order valence-corrected chi connectivity index (χ0v) is 9.98. The second-order valence-electron chi connectivity index (χ2n) is 5.01. The van der Waals surface area contributed by atoms with Crippen molar-refractivity contribution in [2.75, 3.05) is 13.7 Å². The van der Waals surface area contributed by atoms with Crippen molar-refractivity contribution in [2.45, 2.75) is 37.7 Å². The van der Waals surface area contributed by atoms with Crippen LogP contribution in [0, 0.1) is 11.8 Å². The number of carboxylic acids is 1. The fourth-order valence-electron chi connectivity index (χ4n) is 2.62. The van der Waals surface area contributed by atoms with E-state index in [4.69, 9.17) is 4.74 Å². The van der Waals surface area contributed by atoms with Gasteiger partial charge in [0.15, 0.2) is 0 Å². The number of carbonyl (C=O) groups excluding carboxylic acids is 1. The third-order valence-corrected chi connectivity index (χ3v) is 3.84. The van der Waals surface area contributed by atoms with E-state index in [2.05, 4.69) is 4.74 Å². The molecule has 1 spiro atoms. The van der Waals surface area contributed by atoms with Crippen LogP contribution in [0.25, 0.3) is 0 Å². The summed E-state index contributed by atoms with van der Waals surface area (Å²) >= 11 is 0. The monoisotopic (exact) mass is 242 g/mol. The van der Waals surface area contributed by atoms with Crippen LogP contribution in [0.1, 0.15) is 32.1 Å². The molecule has 5 heteroatoms. The lowest BCUT2D eigenvalue weighted by Crippen LogP contribution is -2.35. The average Bonchev–Trinajstić information content (AvgIpc) is 3.04. The molecular weight excluding hydrogens is 224 g/mol. The van der Waals surface area contributed by atoms with E-state index >= 15 is 0 Å². The molecule has 0 aromatic rings. The van der Waals surface area contributed by atoms with E-state index in [0.717, 1.165) is 25.7 Å². The molecule has 1 N–H and O–H groups in total. The molecule has 0 aromatic carbocycles. The fraction of sp³-hybridized carbons (Fsp3) is 0.833. The van der Waals surface area contributed by atoms with Gasteiger partial charge >= 0.3 is 11.9 Å². The SMILES string of the molecule is COC(=O)C[C@H](C(=O)O)[C@@H]1CCOC2(CC2)C1. The van der Waals surface area contributed by atoms with Crippen molar-refractivity contribution in [3.05, 3.63) is 0 Å². The first-order valence-electron chi connectivity index (χ1n) is 6.00. The highest BCUT2D eigenvalue weighted by atomic mass is 16.5. The number of aliphatic carboxylic acids is 1. The summed E-state index contributed by atoms with van der Waals surface area (Å²) in [5, 5.41) is 9.21. The highest BCUT2D eigenvalue weighted by Gasteiger charge is 2.50. The quantitative estimate of drug-likeness (QED) is 0.750. The van der Waals surface area contributed by atoms with Gasteiger partial charge in [0.1, 0.15) is 0 Å². The Labute approximate surface area is 100 Å². The molecular formula is C12H18O5. The van der Waals surface area contributed by atoms with Gasteiger partial charge in [-0.05, 0) is 31.6 Å². The number of carbonyl (C=O) groups is 2.